The second-order valence-corrected chi connectivity index (χ2v) is 30.5. The number of aryl methyl sites for hydroxylation is 5. The predicted octanol–water partition coefficient (Wildman–Crippen LogP) is 26.0. The van der Waals surface area contributed by atoms with E-state index >= 15 is 0 Å². The molecule has 0 radical (unpaired) electrons. The van der Waals surface area contributed by atoms with E-state index in [0.29, 0.717) is 41.2 Å². The van der Waals surface area contributed by atoms with Crippen molar-refractivity contribution in [3.63, 3.8) is 0 Å². The van der Waals surface area contributed by atoms with Crippen LogP contribution in [0, 0.1) is 61.7 Å². The number of hydrogen-bond donors (Lipinski definition) is 1. The zero-order chi connectivity index (χ0) is 81.2. The van der Waals surface area contributed by atoms with Gasteiger partial charge in [0, 0.05) is 5.88 Å². The monoisotopic (exact) mass is 1460 g/mol. The molecule has 0 saturated heterocycles. The van der Waals surface area contributed by atoms with Gasteiger partial charge in [-0.25, -0.2) is 0 Å². The third-order valence-corrected chi connectivity index (χ3v) is 20.2. The highest BCUT2D eigenvalue weighted by Crippen LogP contribution is 2.29. The van der Waals surface area contributed by atoms with E-state index in [1.54, 1.807) is 17.7 Å². The molecule has 103 heavy (non-hydrogen) atoms. The molecular formula is C91H151ClO11. The number of methoxy groups -OCH3 is 5. The van der Waals surface area contributed by atoms with Crippen molar-refractivity contribution in [1.82, 2.24) is 0 Å². The van der Waals surface area contributed by atoms with Crippen LogP contribution >= 0.6 is 11.6 Å². The number of esters is 5. The summed E-state index contributed by atoms with van der Waals surface area (Å²) in [5.74, 6) is 3.64. The molecule has 5 aromatic rings. The van der Waals surface area contributed by atoms with Crippen molar-refractivity contribution < 1.29 is 52.8 Å². The number of rotatable bonds is 21. The van der Waals surface area contributed by atoms with Gasteiger partial charge in [-0.3, -0.25) is 24.0 Å². The highest BCUT2D eigenvalue weighted by atomic mass is 35.5. The summed E-state index contributed by atoms with van der Waals surface area (Å²) in [5.41, 5.74) is 13.9. The largest absolute Gasteiger partial charge is 0.508 e. The number of benzene rings is 5. The zero-order valence-corrected chi connectivity index (χ0v) is 72.7. The van der Waals surface area contributed by atoms with Crippen molar-refractivity contribution in [2.75, 3.05) is 35.5 Å². The maximum atomic E-state index is 10.8. The van der Waals surface area contributed by atoms with Gasteiger partial charge >= 0.3 is 29.8 Å². The van der Waals surface area contributed by atoms with Crippen LogP contribution in [0.15, 0.2) is 109 Å². The van der Waals surface area contributed by atoms with Gasteiger partial charge in [0.15, 0.2) is 0 Å². The highest BCUT2D eigenvalue weighted by Gasteiger charge is 2.29. The zero-order valence-electron chi connectivity index (χ0n) is 72.0. The Kier molecular flexibility index (Phi) is 57.1. The molecule has 12 heteroatoms. The Morgan fingerprint density at radius 3 is 0.893 bits per heavy atom. The molecule has 588 valence electrons. The van der Waals surface area contributed by atoms with E-state index < -0.39 is 0 Å². The topological polar surface area (TPSA) is 152 Å². The molecule has 5 aromatic carbocycles. The highest BCUT2D eigenvalue weighted by molar-refractivity contribution is 6.17. The lowest BCUT2D eigenvalue weighted by molar-refractivity contribution is -0.151. The lowest BCUT2D eigenvalue weighted by Gasteiger charge is -2.17. The Bertz CT molecular complexity index is 2880. The smallest absolute Gasteiger partial charge is 0.311 e. The first-order valence-electron chi connectivity index (χ1n) is 37.8. The van der Waals surface area contributed by atoms with Crippen molar-refractivity contribution >= 4 is 41.4 Å². The molecule has 5 rings (SSSR count). The molecule has 0 amide bonds. The van der Waals surface area contributed by atoms with Crippen LogP contribution in [-0.2, 0) is 53.5 Å². The van der Waals surface area contributed by atoms with E-state index in [0.717, 1.165) is 38.5 Å². The third kappa shape index (κ3) is 44.2. The van der Waals surface area contributed by atoms with Gasteiger partial charge < -0.3 is 28.8 Å². The van der Waals surface area contributed by atoms with Crippen molar-refractivity contribution in [1.29, 1.82) is 0 Å². The van der Waals surface area contributed by atoms with Crippen LogP contribution in [0.5, 0.6) is 5.75 Å². The average molecular weight is 1460 g/mol. The number of phenolic OH excluding ortho intramolecular Hbond substituents is 1. The first-order valence-corrected chi connectivity index (χ1v) is 38.4. The fourth-order valence-corrected chi connectivity index (χ4v) is 9.24. The maximum Gasteiger partial charge on any atom is 0.311 e. The number of carbonyl (C=O) groups is 5. The third-order valence-electron chi connectivity index (χ3n) is 19.9. The fourth-order valence-electron chi connectivity index (χ4n) is 9.06. The van der Waals surface area contributed by atoms with E-state index in [9.17, 15) is 24.0 Å². The second kappa shape index (κ2) is 56.0. The van der Waals surface area contributed by atoms with Crippen molar-refractivity contribution in [3.8, 4) is 5.75 Å². The number of hydrogen-bond acceptors (Lipinski definition) is 11. The Balaban J connectivity index is -0.000000346. The minimum atomic E-state index is -0.311. The molecule has 0 bridgehead atoms. The molecule has 1 N–H and O–H groups in total. The van der Waals surface area contributed by atoms with Crippen LogP contribution < -0.4 is 0 Å². The number of aromatic hydroxyl groups is 1. The average Bonchev–Trinajstić information content (AvgIpc) is 0.834. The lowest BCUT2D eigenvalue weighted by atomic mass is 9.89. The fraction of sp³-hybridized carbons (Fsp3) is 0.615. The molecule has 0 heterocycles. The van der Waals surface area contributed by atoms with Gasteiger partial charge in [-0.05, 0) is 260 Å². The molecule has 5 unspecified atom stereocenters. The SMILES string of the molecule is CCC(C)(C)C(=O)OC.CCC(C)(C)C(=O)OC.CCC(C)(C)C(=O)OC.CCC(C)(C)C(=O)OC.CCC(C)(C)C(=O)OC.CCC(C)c1c(C)cc(C)cc1C.CCC(C)c1ccc(CCl)cc1.CCC(C)c1ccc(O)cc1.CCC(C)c1cccc(C)c1.CCC(C)c1ccccc1C. The van der Waals surface area contributed by atoms with Gasteiger partial charge in [0.2, 0.25) is 0 Å². The van der Waals surface area contributed by atoms with Gasteiger partial charge in [-0.1, -0.05) is 212 Å². The van der Waals surface area contributed by atoms with Gasteiger partial charge in [-0.2, -0.15) is 0 Å². The van der Waals surface area contributed by atoms with Crippen LogP contribution in [0.4, 0.5) is 0 Å². The van der Waals surface area contributed by atoms with Gasteiger partial charge in [-0.15, -0.1) is 11.6 Å². The molecule has 11 nitrogen and oxygen atoms in total. The van der Waals surface area contributed by atoms with Crippen molar-refractivity contribution in [2.45, 2.75) is 307 Å². The van der Waals surface area contributed by atoms with Gasteiger partial charge in [0.1, 0.15) is 5.75 Å². The molecule has 0 fully saturated rings. The van der Waals surface area contributed by atoms with Crippen LogP contribution in [0.25, 0.3) is 0 Å². The van der Waals surface area contributed by atoms with E-state index in [2.05, 4.69) is 212 Å². The van der Waals surface area contributed by atoms with Crippen molar-refractivity contribution in [3.05, 3.63) is 170 Å². The molecular weight excluding hydrogens is 1300 g/mol. The van der Waals surface area contributed by atoms with Crippen molar-refractivity contribution in [2.24, 2.45) is 27.1 Å². The summed E-state index contributed by atoms with van der Waals surface area (Å²) in [5, 5.41) is 9.01. The summed E-state index contributed by atoms with van der Waals surface area (Å²) in [7, 11) is 7.08. The number of halogens is 1. The summed E-state index contributed by atoms with van der Waals surface area (Å²) >= 11 is 5.69. The van der Waals surface area contributed by atoms with Gasteiger partial charge in [0.05, 0.1) is 62.6 Å². The molecule has 0 saturated carbocycles. The Labute approximate surface area is 636 Å². The lowest BCUT2D eigenvalue weighted by Crippen LogP contribution is -2.24. The minimum Gasteiger partial charge on any atom is -0.508 e. The molecule has 0 aliphatic rings. The molecule has 0 aliphatic carbocycles. The first kappa shape index (κ1) is 105. The molecule has 0 aliphatic heterocycles. The van der Waals surface area contributed by atoms with E-state index in [-0.39, 0.29) is 56.9 Å². The predicted molar refractivity (Wildman–Crippen MR) is 441 cm³/mol. The van der Waals surface area contributed by atoms with E-state index in [4.69, 9.17) is 16.7 Å². The van der Waals surface area contributed by atoms with Gasteiger partial charge in [0.25, 0.3) is 0 Å². The number of carbonyl (C=O) groups excluding carboxylic acids is 5. The van der Waals surface area contributed by atoms with Crippen LogP contribution in [0.1, 0.15) is 328 Å². The molecule has 0 aromatic heterocycles. The summed E-state index contributed by atoms with van der Waals surface area (Å²) in [6.45, 7) is 61.9. The summed E-state index contributed by atoms with van der Waals surface area (Å²) in [6.07, 6.45) is 10.1. The van der Waals surface area contributed by atoms with E-state index in [1.807, 2.05) is 116 Å². The molecule has 5 atom stereocenters. The first-order chi connectivity index (χ1) is 47.8. The number of alkyl halides is 1. The molecule has 0 spiro atoms. The normalized spacial score (nSPS) is 12.2. The Morgan fingerprint density at radius 1 is 0.350 bits per heavy atom. The quantitative estimate of drug-likeness (QED) is 0.0425. The number of phenols is 1. The van der Waals surface area contributed by atoms with Crippen LogP contribution in [0.3, 0.4) is 0 Å². The second-order valence-electron chi connectivity index (χ2n) is 30.2. The van der Waals surface area contributed by atoms with E-state index in [1.165, 1.54) is 117 Å². The Hall–Kier alpha value is -6.46. The number of ether oxygens (including phenoxy) is 5. The summed E-state index contributed by atoms with van der Waals surface area (Å²) in [4.78, 5) is 54.2. The minimum absolute atomic E-state index is 0.134. The Morgan fingerprint density at radius 2 is 0.641 bits per heavy atom. The summed E-state index contributed by atoms with van der Waals surface area (Å²) in [6, 6.07) is 37.9. The maximum absolute atomic E-state index is 10.8. The summed E-state index contributed by atoms with van der Waals surface area (Å²) < 4.78 is 22.8. The van der Waals surface area contributed by atoms with Crippen LogP contribution in [-0.4, -0.2) is 70.5 Å². The van der Waals surface area contributed by atoms with Crippen LogP contribution in [0.2, 0.25) is 0 Å². The standard InChI is InChI=1S/C13H20.C11H15Cl.2C11H16.C10H14O.5C7H14O2/c1-6-10(3)13-11(4)7-9(2)8-12(13)5;1-3-9(2)11-6-4-10(8-12)5-7-11;1-4-10(3)11-7-5-6-9(2)8-11;1-4-9(2)11-8-6-5-7-10(11)3;1-3-8(2)9-4-6-10(11)7-5-9;5*1-5-7(2,3)6(8)9-4/h7-8,10H,6H2,1-5H3;4-7,9H,3,8H2,1-2H3;5-8,10H,4H2,1-3H3;5-9H,4H2,1-3H3;4-8,11H,3H2,1-2H3;5*5H2,1-4H3.